The van der Waals surface area contributed by atoms with Gasteiger partial charge in [0.05, 0.1) is 19.8 Å². The van der Waals surface area contributed by atoms with Crippen LogP contribution in [0.1, 0.15) is 32.8 Å². The summed E-state index contributed by atoms with van der Waals surface area (Å²) < 4.78 is 5.22. The van der Waals surface area contributed by atoms with Crippen LogP contribution in [0.2, 0.25) is 0 Å². The smallest absolute Gasteiger partial charge is 0.315 e. The van der Waals surface area contributed by atoms with Crippen LogP contribution < -0.4 is 10.6 Å². The average molecular weight is 347 g/mol. The summed E-state index contributed by atoms with van der Waals surface area (Å²) in [5.74, 6) is -0.0734. The summed E-state index contributed by atoms with van der Waals surface area (Å²) in [7, 11) is 0. The molecule has 6 nitrogen and oxygen atoms in total. The van der Waals surface area contributed by atoms with Crippen molar-refractivity contribution in [1.82, 2.24) is 15.5 Å². The maximum atomic E-state index is 12.0. The molecule has 0 unspecified atom stereocenters. The van der Waals surface area contributed by atoms with Crippen molar-refractivity contribution in [2.75, 3.05) is 32.8 Å². The molecule has 1 saturated heterocycles. The molecule has 2 N–H and O–H groups in total. The van der Waals surface area contributed by atoms with Crippen LogP contribution in [0.3, 0.4) is 0 Å². The van der Waals surface area contributed by atoms with E-state index in [1.54, 1.807) is 4.90 Å². The third-order valence-corrected chi connectivity index (χ3v) is 4.51. The van der Waals surface area contributed by atoms with Crippen molar-refractivity contribution in [2.24, 2.45) is 0 Å². The number of urea groups is 1. The summed E-state index contributed by atoms with van der Waals surface area (Å²) in [6.45, 7) is 8.62. The van der Waals surface area contributed by atoms with Gasteiger partial charge in [0.2, 0.25) is 5.91 Å². The first kappa shape index (κ1) is 19.2. The van der Waals surface area contributed by atoms with E-state index in [0.717, 1.165) is 6.42 Å². The Hall–Kier alpha value is -2.08. The van der Waals surface area contributed by atoms with E-state index in [2.05, 4.69) is 36.6 Å². The normalized spacial score (nSPS) is 16.2. The maximum absolute atomic E-state index is 12.0. The largest absolute Gasteiger partial charge is 0.378 e. The standard InChI is InChI=1S/C19H29N3O3/c1-15(13-19(2,3)16-7-5-4-6-8-16)21-18(24)20-14-17(23)22-9-11-25-12-10-22/h4-8,15H,9-14H2,1-3H3,(H2,20,21,24)/t15-/m1/s1. The number of nitrogens with zero attached hydrogens (tertiary/aromatic N) is 1. The van der Waals surface area contributed by atoms with Crippen molar-refractivity contribution in [3.05, 3.63) is 35.9 Å². The molecule has 1 aromatic rings. The van der Waals surface area contributed by atoms with Crippen LogP contribution in [0.25, 0.3) is 0 Å². The quantitative estimate of drug-likeness (QED) is 0.826. The second kappa shape index (κ2) is 8.85. The molecule has 1 heterocycles. The first-order valence-electron chi connectivity index (χ1n) is 8.84. The molecule has 138 valence electrons. The van der Waals surface area contributed by atoms with Crippen molar-refractivity contribution in [3.8, 4) is 0 Å². The van der Waals surface area contributed by atoms with Crippen LogP contribution in [0.15, 0.2) is 30.3 Å². The van der Waals surface area contributed by atoms with E-state index in [1.807, 2.05) is 25.1 Å². The number of nitrogens with one attached hydrogen (secondary N) is 2. The predicted molar refractivity (Wildman–Crippen MR) is 97.5 cm³/mol. The molecule has 25 heavy (non-hydrogen) atoms. The summed E-state index contributed by atoms with van der Waals surface area (Å²) in [6, 6.07) is 9.95. The monoisotopic (exact) mass is 347 g/mol. The molecule has 1 atom stereocenters. The van der Waals surface area contributed by atoms with Crippen LogP contribution in [0.4, 0.5) is 4.79 Å². The Balaban J connectivity index is 1.75. The highest BCUT2D eigenvalue weighted by molar-refractivity contribution is 5.84. The van der Waals surface area contributed by atoms with E-state index in [9.17, 15) is 9.59 Å². The maximum Gasteiger partial charge on any atom is 0.315 e. The van der Waals surface area contributed by atoms with Gasteiger partial charge < -0.3 is 20.3 Å². The molecule has 0 aliphatic carbocycles. The molecule has 2 rings (SSSR count). The van der Waals surface area contributed by atoms with Crippen LogP contribution in [-0.2, 0) is 14.9 Å². The number of benzene rings is 1. The van der Waals surface area contributed by atoms with Gasteiger partial charge in [-0.3, -0.25) is 4.79 Å². The molecular weight excluding hydrogens is 318 g/mol. The van der Waals surface area contributed by atoms with Crippen LogP contribution in [-0.4, -0.2) is 55.7 Å². The molecule has 0 saturated carbocycles. The lowest BCUT2D eigenvalue weighted by Gasteiger charge is -2.29. The third kappa shape index (κ3) is 6.05. The van der Waals surface area contributed by atoms with E-state index in [4.69, 9.17) is 4.74 Å². The second-order valence-corrected chi connectivity index (χ2v) is 7.18. The number of hydrogen-bond acceptors (Lipinski definition) is 3. The van der Waals surface area contributed by atoms with E-state index >= 15 is 0 Å². The Labute approximate surface area is 149 Å². The lowest BCUT2D eigenvalue weighted by Crippen LogP contribution is -2.49. The number of carbonyl (C=O) groups is 2. The lowest BCUT2D eigenvalue weighted by atomic mass is 9.79. The van der Waals surface area contributed by atoms with Crippen molar-refractivity contribution in [1.29, 1.82) is 0 Å². The summed E-state index contributed by atoms with van der Waals surface area (Å²) in [6.07, 6.45) is 0.807. The molecule has 3 amide bonds. The highest BCUT2D eigenvalue weighted by Gasteiger charge is 2.24. The highest BCUT2D eigenvalue weighted by Crippen LogP contribution is 2.27. The zero-order valence-corrected chi connectivity index (χ0v) is 15.4. The van der Waals surface area contributed by atoms with Gasteiger partial charge in [0.1, 0.15) is 0 Å². The molecule has 1 aliphatic rings. The summed E-state index contributed by atoms with van der Waals surface area (Å²) in [5, 5.41) is 5.57. The number of morpholine rings is 1. The van der Waals surface area contributed by atoms with Gasteiger partial charge in [-0.15, -0.1) is 0 Å². The molecule has 0 radical (unpaired) electrons. The lowest BCUT2D eigenvalue weighted by molar-refractivity contribution is -0.134. The topological polar surface area (TPSA) is 70.7 Å². The SMILES string of the molecule is C[C@H](CC(C)(C)c1ccccc1)NC(=O)NCC(=O)N1CCOCC1. The van der Waals surface area contributed by atoms with Gasteiger partial charge in [-0.25, -0.2) is 4.79 Å². The first-order valence-corrected chi connectivity index (χ1v) is 8.84. The third-order valence-electron chi connectivity index (χ3n) is 4.51. The summed E-state index contributed by atoms with van der Waals surface area (Å²) in [4.78, 5) is 25.8. The number of carbonyl (C=O) groups excluding carboxylic acids is 2. The van der Waals surface area contributed by atoms with Crippen molar-refractivity contribution in [2.45, 2.75) is 38.6 Å². The molecule has 6 heteroatoms. The minimum absolute atomic E-state index is 0.00584. The Kier molecular flexibility index (Phi) is 6.82. The Bertz CT molecular complexity index is 569. The highest BCUT2D eigenvalue weighted by atomic mass is 16.5. The van der Waals surface area contributed by atoms with E-state index < -0.39 is 0 Å². The fourth-order valence-electron chi connectivity index (χ4n) is 3.18. The first-order chi connectivity index (χ1) is 11.9. The van der Waals surface area contributed by atoms with Gasteiger partial charge in [-0.05, 0) is 24.3 Å². The van der Waals surface area contributed by atoms with Crippen molar-refractivity contribution < 1.29 is 14.3 Å². The number of rotatable bonds is 6. The molecule has 0 bridgehead atoms. The number of ether oxygens (including phenoxy) is 1. The van der Waals surface area contributed by atoms with Gasteiger partial charge in [0, 0.05) is 19.1 Å². The fourth-order valence-corrected chi connectivity index (χ4v) is 3.18. The molecular formula is C19H29N3O3. The van der Waals surface area contributed by atoms with Crippen molar-refractivity contribution in [3.63, 3.8) is 0 Å². The Morgan fingerprint density at radius 3 is 2.48 bits per heavy atom. The summed E-state index contributed by atoms with van der Waals surface area (Å²) >= 11 is 0. The fraction of sp³-hybridized carbons (Fsp3) is 0.579. The Morgan fingerprint density at radius 1 is 1.20 bits per heavy atom. The van der Waals surface area contributed by atoms with E-state index in [1.165, 1.54) is 5.56 Å². The van der Waals surface area contributed by atoms with Gasteiger partial charge in [-0.2, -0.15) is 0 Å². The van der Waals surface area contributed by atoms with Crippen LogP contribution >= 0.6 is 0 Å². The predicted octanol–water partition coefficient (Wildman–Crippen LogP) is 1.90. The molecule has 1 aliphatic heterocycles. The minimum Gasteiger partial charge on any atom is -0.378 e. The number of amides is 3. The second-order valence-electron chi connectivity index (χ2n) is 7.18. The van der Waals surface area contributed by atoms with Gasteiger partial charge in [0.25, 0.3) is 0 Å². The molecule has 1 fully saturated rings. The van der Waals surface area contributed by atoms with Crippen LogP contribution in [0, 0.1) is 0 Å². The van der Waals surface area contributed by atoms with Gasteiger partial charge in [-0.1, -0.05) is 44.2 Å². The molecule has 0 aromatic heterocycles. The number of hydrogen-bond donors (Lipinski definition) is 2. The van der Waals surface area contributed by atoms with E-state index in [0.29, 0.717) is 26.3 Å². The zero-order valence-electron chi connectivity index (χ0n) is 15.4. The summed E-state index contributed by atoms with van der Waals surface area (Å²) in [5.41, 5.74) is 1.20. The average Bonchev–Trinajstić information content (AvgIpc) is 2.60. The van der Waals surface area contributed by atoms with E-state index in [-0.39, 0.29) is 29.9 Å². The van der Waals surface area contributed by atoms with Crippen LogP contribution in [0.5, 0.6) is 0 Å². The molecule has 0 spiro atoms. The van der Waals surface area contributed by atoms with Gasteiger partial charge in [0.15, 0.2) is 0 Å². The molecule has 1 aromatic carbocycles. The van der Waals surface area contributed by atoms with Gasteiger partial charge >= 0.3 is 6.03 Å². The Morgan fingerprint density at radius 2 is 1.84 bits per heavy atom. The zero-order chi connectivity index (χ0) is 18.3. The van der Waals surface area contributed by atoms with Crippen molar-refractivity contribution >= 4 is 11.9 Å². The minimum atomic E-state index is -0.307.